The quantitative estimate of drug-likeness (QED) is 0.625. The van der Waals surface area contributed by atoms with E-state index in [4.69, 9.17) is 0 Å². The molecule has 0 saturated heterocycles. The van der Waals surface area contributed by atoms with Crippen molar-refractivity contribution in [2.24, 2.45) is 12.0 Å². The van der Waals surface area contributed by atoms with E-state index in [1.807, 2.05) is 11.6 Å². The van der Waals surface area contributed by atoms with E-state index in [-0.39, 0.29) is 11.7 Å². The van der Waals surface area contributed by atoms with Gasteiger partial charge in [0.05, 0.1) is 10.2 Å². The van der Waals surface area contributed by atoms with Gasteiger partial charge in [0.1, 0.15) is 5.82 Å². The molecule has 0 bridgehead atoms. The Morgan fingerprint density at radius 3 is 2.52 bits per heavy atom. The van der Waals surface area contributed by atoms with Crippen molar-refractivity contribution in [2.45, 2.75) is 25.2 Å². The lowest BCUT2D eigenvalue weighted by molar-refractivity contribution is -0.117. The highest BCUT2D eigenvalue weighted by molar-refractivity contribution is 7.99. The second-order valence-corrected chi connectivity index (χ2v) is 8.02. The summed E-state index contributed by atoms with van der Waals surface area (Å²) in [4.78, 5) is 18.2. The van der Waals surface area contributed by atoms with Crippen LogP contribution in [0, 0.1) is 19.7 Å². The van der Waals surface area contributed by atoms with Gasteiger partial charge in [-0.05, 0) is 49.2 Å². The summed E-state index contributed by atoms with van der Waals surface area (Å²) in [6.07, 6.45) is 0.355. The summed E-state index contributed by atoms with van der Waals surface area (Å²) in [7, 11) is 1.95. The van der Waals surface area contributed by atoms with E-state index < -0.39 is 0 Å². The number of hydrogen-bond donors (Lipinski definition) is 0. The van der Waals surface area contributed by atoms with Crippen LogP contribution in [0.2, 0.25) is 0 Å². The summed E-state index contributed by atoms with van der Waals surface area (Å²) in [5.41, 5.74) is 3.51. The molecule has 0 aliphatic rings. The van der Waals surface area contributed by atoms with Crippen molar-refractivity contribution >= 4 is 39.2 Å². The Morgan fingerprint density at radius 1 is 1.16 bits per heavy atom. The number of benzene rings is 2. The molecule has 1 heterocycles. The van der Waals surface area contributed by atoms with Crippen LogP contribution < -0.4 is 4.80 Å². The van der Waals surface area contributed by atoms with Crippen molar-refractivity contribution in [3.8, 4) is 0 Å². The molecule has 3 rings (SSSR count). The highest BCUT2D eigenvalue weighted by Crippen LogP contribution is 2.24. The van der Waals surface area contributed by atoms with Crippen molar-refractivity contribution in [2.75, 3.05) is 5.75 Å². The molecule has 0 radical (unpaired) electrons. The predicted molar refractivity (Wildman–Crippen MR) is 103 cm³/mol. The van der Waals surface area contributed by atoms with Crippen molar-refractivity contribution in [3.63, 3.8) is 0 Å². The smallest absolute Gasteiger partial charge is 0.249 e. The number of aryl methyl sites for hydroxylation is 3. The van der Waals surface area contributed by atoms with Crippen LogP contribution in [-0.2, 0) is 11.8 Å². The zero-order valence-electron chi connectivity index (χ0n) is 14.4. The van der Waals surface area contributed by atoms with Crippen molar-refractivity contribution in [1.29, 1.82) is 0 Å². The standard InChI is InChI=1S/C19H19FN2OS2/c1-12-4-5-13(2)18-17(12)22(3)19(25-18)21-16(23)10-11-24-15-8-6-14(20)7-9-15/h4-9H,10-11H2,1-3H3. The first-order valence-corrected chi connectivity index (χ1v) is 9.77. The fourth-order valence-corrected chi connectivity index (χ4v) is 4.64. The van der Waals surface area contributed by atoms with E-state index in [0.717, 1.165) is 15.2 Å². The SMILES string of the molecule is Cc1ccc(C)c2c1sc(=NC(=O)CCSc1ccc(F)cc1)n2C. The zero-order valence-corrected chi connectivity index (χ0v) is 16.0. The predicted octanol–water partition coefficient (Wildman–Crippen LogP) is 4.61. The van der Waals surface area contributed by atoms with Crippen LogP contribution in [0.4, 0.5) is 4.39 Å². The van der Waals surface area contributed by atoms with Gasteiger partial charge in [-0.15, -0.1) is 11.8 Å². The fourth-order valence-electron chi connectivity index (χ4n) is 2.62. The first kappa shape index (κ1) is 17.9. The number of amides is 1. The third-order valence-corrected chi connectivity index (χ3v) is 6.25. The minimum atomic E-state index is -0.252. The Kier molecular flexibility index (Phi) is 5.39. The number of carbonyl (C=O) groups is 1. The van der Waals surface area contributed by atoms with Crippen molar-refractivity contribution in [1.82, 2.24) is 4.57 Å². The molecule has 2 aromatic carbocycles. The lowest BCUT2D eigenvalue weighted by Crippen LogP contribution is -2.13. The summed E-state index contributed by atoms with van der Waals surface area (Å²) in [5.74, 6) is 0.242. The Bertz CT molecular complexity index is 987. The molecule has 130 valence electrons. The maximum Gasteiger partial charge on any atom is 0.249 e. The zero-order chi connectivity index (χ0) is 18.0. The van der Waals surface area contributed by atoms with Crippen molar-refractivity contribution in [3.05, 3.63) is 58.1 Å². The third kappa shape index (κ3) is 4.02. The molecule has 3 nitrogen and oxygen atoms in total. The van der Waals surface area contributed by atoms with Crippen molar-refractivity contribution < 1.29 is 9.18 Å². The van der Waals surface area contributed by atoms with Gasteiger partial charge in [-0.2, -0.15) is 4.99 Å². The monoisotopic (exact) mass is 374 g/mol. The molecule has 1 aromatic heterocycles. The maximum atomic E-state index is 12.9. The maximum absolute atomic E-state index is 12.9. The number of thiazole rings is 1. The van der Waals surface area contributed by atoms with Crippen LogP contribution >= 0.6 is 23.1 Å². The average Bonchev–Trinajstić information content (AvgIpc) is 2.91. The number of hydrogen-bond acceptors (Lipinski definition) is 3. The lowest BCUT2D eigenvalue weighted by atomic mass is 10.1. The van der Waals surface area contributed by atoms with Gasteiger partial charge in [0, 0.05) is 24.1 Å². The van der Waals surface area contributed by atoms with Crippen LogP contribution in [-0.4, -0.2) is 16.2 Å². The number of halogens is 1. The highest BCUT2D eigenvalue weighted by Gasteiger charge is 2.09. The molecule has 0 unspecified atom stereocenters. The van der Waals surface area contributed by atoms with Gasteiger partial charge in [0.2, 0.25) is 5.91 Å². The Balaban J connectivity index is 1.74. The summed E-state index contributed by atoms with van der Waals surface area (Å²) in [6, 6.07) is 10.5. The van der Waals surface area contributed by atoms with Crippen LogP contribution in [0.1, 0.15) is 17.5 Å². The molecule has 0 aliphatic carbocycles. The molecular formula is C19H19FN2OS2. The van der Waals surface area contributed by atoms with Gasteiger partial charge in [-0.3, -0.25) is 4.79 Å². The van der Waals surface area contributed by atoms with Crippen LogP contribution in [0.3, 0.4) is 0 Å². The number of aromatic nitrogens is 1. The molecule has 0 fully saturated rings. The lowest BCUT2D eigenvalue weighted by Gasteiger charge is -2.02. The van der Waals surface area contributed by atoms with Gasteiger partial charge in [-0.1, -0.05) is 23.5 Å². The van der Waals surface area contributed by atoms with Gasteiger partial charge in [0.15, 0.2) is 4.80 Å². The van der Waals surface area contributed by atoms with Crippen LogP contribution in [0.15, 0.2) is 46.3 Å². The summed E-state index contributed by atoms with van der Waals surface area (Å²) in [5, 5.41) is 0. The van der Waals surface area contributed by atoms with E-state index in [1.165, 1.54) is 39.7 Å². The van der Waals surface area contributed by atoms with Gasteiger partial charge in [0.25, 0.3) is 0 Å². The Morgan fingerprint density at radius 2 is 1.84 bits per heavy atom. The second kappa shape index (κ2) is 7.54. The molecule has 3 aromatic rings. The van der Waals surface area contributed by atoms with Gasteiger partial charge in [-0.25, -0.2) is 4.39 Å². The summed E-state index contributed by atoms with van der Waals surface area (Å²) >= 11 is 3.08. The molecule has 0 atom stereocenters. The normalized spacial score (nSPS) is 12.1. The van der Waals surface area contributed by atoms with Crippen LogP contribution in [0.25, 0.3) is 10.2 Å². The van der Waals surface area contributed by atoms with Gasteiger partial charge < -0.3 is 4.57 Å². The molecule has 0 saturated carbocycles. The van der Waals surface area contributed by atoms with E-state index in [1.54, 1.807) is 23.5 Å². The Labute approximate surface area is 154 Å². The summed E-state index contributed by atoms with van der Waals surface area (Å²) < 4.78 is 16.1. The molecule has 0 N–H and O–H groups in total. The van der Waals surface area contributed by atoms with E-state index >= 15 is 0 Å². The van der Waals surface area contributed by atoms with Gasteiger partial charge >= 0.3 is 0 Å². The van der Waals surface area contributed by atoms with Crippen LogP contribution in [0.5, 0.6) is 0 Å². The van der Waals surface area contributed by atoms with E-state index in [9.17, 15) is 9.18 Å². The fraction of sp³-hybridized carbons (Fsp3) is 0.263. The minimum Gasteiger partial charge on any atom is -0.319 e. The molecule has 1 amide bonds. The second-order valence-electron chi connectivity index (χ2n) is 5.88. The van der Waals surface area contributed by atoms with E-state index in [2.05, 4.69) is 31.0 Å². The molecule has 25 heavy (non-hydrogen) atoms. The average molecular weight is 375 g/mol. The topological polar surface area (TPSA) is 34.4 Å². The molecular weight excluding hydrogens is 355 g/mol. The molecule has 0 spiro atoms. The molecule has 6 heteroatoms. The van der Waals surface area contributed by atoms with E-state index in [0.29, 0.717) is 12.2 Å². The highest BCUT2D eigenvalue weighted by atomic mass is 32.2. The largest absolute Gasteiger partial charge is 0.319 e. The number of nitrogens with zero attached hydrogens (tertiary/aromatic N) is 2. The number of carbonyl (C=O) groups excluding carboxylic acids is 1. The number of thioether (sulfide) groups is 1. The first-order valence-electron chi connectivity index (χ1n) is 7.97. The molecule has 0 aliphatic heterocycles. The number of rotatable bonds is 4. The summed E-state index contributed by atoms with van der Waals surface area (Å²) in [6.45, 7) is 4.14. The number of fused-ring (bicyclic) bond motifs is 1. The first-order chi connectivity index (χ1) is 12.0. The Hall–Kier alpha value is -1.92. The minimum absolute atomic E-state index is 0.132. The third-order valence-electron chi connectivity index (χ3n) is 3.96.